The number of fused-ring (bicyclic) bond motifs is 2. The van der Waals surface area contributed by atoms with E-state index in [2.05, 4.69) is 6.92 Å². The molecule has 4 atom stereocenters. The first kappa shape index (κ1) is 17.0. The highest BCUT2D eigenvalue weighted by Crippen LogP contribution is 2.44. The molecule has 3 nitrogen and oxygen atoms in total. The molecule has 1 saturated heterocycles. The van der Waals surface area contributed by atoms with Gasteiger partial charge in [-0.05, 0) is 55.9 Å². The summed E-state index contributed by atoms with van der Waals surface area (Å²) in [6.07, 6.45) is 6.27. The average molecular weight is 344 g/mol. The monoisotopic (exact) mass is 344 g/mol. The summed E-state index contributed by atoms with van der Waals surface area (Å²) in [5, 5.41) is 0. The van der Waals surface area contributed by atoms with Crippen molar-refractivity contribution in [1.29, 1.82) is 0 Å². The molecule has 0 radical (unpaired) electrons. The molecule has 4 heteroatoms. The van der Waals surface area contributed by atoms with E-state index < -0.39 is 0 Å². The predicted octanol–water partition coefficient (Wildman–Crippen LogP) is 3.89. The molecular weight excluding hydrogens is 315 g/mol. The number of likely N-dealkylation sites (tertiary alicyclic amines) is 1. The van der Waals surface area contributed by atoms with E-state index in [0.717, 1.165) is 38.6 Å². The number of nitrogens with two attached hydrogens (primary N) is 1. The number of amides is 1. The predicted molar refractivity (Wildman–Crippen MR) is 96.2 cm³/mol. The Balaban J connectivity index is 1.55. The summed E-state index contributed by atoms with van der Waals surface area (Å²) < 4.78 is 14.3. The van der Waals surface area contributed by atoms with E-state index in [1.54, 1.807) is 6.07 Å². The van der Waals surface area contributed by atoms with Crippen molar-refractivity contribution in [2.24, 2.45) is 29.4 Å². The van der Waals surface area contributed by atoms with Crippen LogP contribution in [0.25, 0.3) is 0 Å². The highest BCUT2D eigenvalue weighted by atomic mass is 19.1. The van der Waals surface area contributed by atoms with Crippen LogP contribution < -0.4 is 5.73 Å². The second kappa shape index (κ2) is 6.71. The summed E-state index contributed by atoms with van der Waals surface area (Å²) >= 11 is 0. The molecule has 1 amide bonds. The van der Waals surface area contributed by atoms with Crippen LogP contribution >= 0.6 is 0 Å². The van der Waals surface area contributed by atoms with Gasteiger partial charge in [0.15, 0.2) is 0 Å². The molecule has 2 saturated carbocycles. The van der Waals surface area contributed by atoms with Gasteiger partial charge in [0.05, 0.1) is 6.04 Å². The Morgan fingerprint density at radius 1 is 1.16 bits per heavy atom. The van der Waals surface area contributed by atoms with E-state index in [9.17, 15) is 9.18 Å². The van der Waals surface area contributed by atoms with Gasteiger partial charge in [0.25, 0.3) is 0 Å². The quantitative estimate of drug-likeness (QED) is 0.885. The van der Waals surface area contributed by atoms with Crippen molar-refractivity contribution in [3.05, 3.63) is 35.6 Å². The van der Waals surface area contributed by atoms with Crippen LogP contribution in [-0.4, -0.2) is 23.4 Å². The van der Waals surface area contributed by atoms with Crippen LogP contribution in [0.2, 0.25) is 0 Å². The van der Waals surface area contributed by atoms with Crippen molar-refractivity contribution < 1.29 is 9.18 Å². The topological polar surface area (TPSA) is 46.3 Å². The Bertz CT molecular complexity index is 635. The molecule has 0 spiro atoms. The lowest BCUT2D eigenvalue weighted by molar-refractivity contribution is -0.139. The van der Waals surface area contributed by atoms with E-state index >= 15 is 0 Å². The highest BCUT2D eigenvalue weighted by molar-refractivity contribution is 5.80. The van der Waals surface area contributed by atoms with Gasteiger partial charge in [-0.2, -0.15) is 0 Å². The molecule has 1 aromatic carbocycles. The summed E-state index contributed by atoms with van der Waals surface area (Å²) in [7, 11) is 0. The summed E-state index contributed by atoms with van der Waals surface area (Å²) in [5.74, 6) is 1.53. The Morgan fingerprint density at radius 2 is 1.84 bits per heavy atom. The van der Waals surface area contributed by atoms with E-state index in [-0.39, 0.29) is 29.7 Å². The third-order valence-electron chi connectivity index (χ3n) is 6.82. The van der Waals surface area contributed by atoms with Gasteiger partial charge >= 0.3 is 0 Å². The Hall–Kier alpha value is -1.42. The van der Waals surface area contributed by atoms with Gasteiger partial charge in [-0.1, -0.05) is 31.5 Å². The molecule has 2 aliphatic carbocycles. The van der Waals surface area contributed by atoms with Gasteiger partial charge in [0, 0.05) is 24.1 Å². The first-order valence-electron chi connectivity index (χ1n) is 9.85. The minimum absolute atomic E-state index is 0.0784. The number of carbonyl (C=O) groups is 1. The van der Waals surface area contributed by atoms with Gasteiger partial charge in [-0.25, -0.2) is 4.39 Å². The van der Waals surface area contributed by atoms with Gasteiger partial charge in [-0.3, -0.25) is 4.79 Å². The largest absolute Gasteiger partial charge is 0.335 e. The fourth-order valence-corrected chi connectivity index (χ4v) is 5.55. The first-order valence-corrected chi connectivity index (χ1v) is 9.85. The second-order valence-corrected chi connectivity index (χ2v) is 8.57. The van der Waals surface area contributed by atoms with Crippen molar-refractivity contribution >= 4 is 5.91 Å². The van der Waals surface area contributed by atoms with Crippen molar-refractivity contribution in [3.8, 4) is 0 Å². The van der Waals surface area contributed by atoms with E-state index in [1.165, 1.54) is 12.5 Å². The maximum absolute atomic E-state index is 14.3. The van der Waals surface area contributed by atoms with Crippen molar-refractivity contribution in [2.45, 2.75) is 57.5 Å². The van der Waals surface area contributed by atoms with E-state index in [0.29, 0.717) is 23.3 Å². The number of rotatable bonds is 2. The molecule has 25 heavy (non-hydrogen) atoms. The Kier molecular flexibility index (Phi) is 4.57. The third-order valence-corrected chi connectivity index (χ3v) is 6.82. The maximum atomic E-state index is 14.3. The summed E-state index contributed by atoms with van der Waals surface area (Å²) in [6.45, 7) is 2.91. The lowest BCUT2D eigenvalue weighted by atomic mass is 9.65. The minimum atomic E-state index is -0.193. The number of nitrogens with zero attached hydrogens (tertiary/aromatic N) is 1. The maximum Gasteiger partial charge on any atom is 0.226 e. The lowest BCUT2D eigenvalue weighted by Gasteiger charge is -2.44. The molecule has 136 valence electrons. The molecule has 1 aliphatic heterocycles. The van der Waals surface area contributed by atoms with E-state index in [1.807, 2.05) is 17.0 Å². The van der Waals surface area contributed by atoms with Crippen LogP contribution in [0, 0.1) is 29.5 Å². The standard InChI is InChI=1S/C21H29FN2O/c1-13-9-19(17-7-2-3-8-18(17)22)24(12-13)21(25)16-10-14-5-4-6-15(11-16)20(14)23/h2-3,7-8,13-16,19-20H,4-6,9-12,23H2,1H3. The number of carbonyl (C=O) groups excluding carboxylic acids is 1. The minimum Gasteiger partial charge on any atom is -0.335 e. The van der Waals surface area contributed by atoms with Gasteiger partial charge < -0.3 is 10.6 Å². The molecule has 3 fully saturated rings. The van der Waals surface area contributed by atoms with Gasteiger partial charge in [0.1, 0.15) is 5.82 Å². The molecule has 0 aromatic heterocycles. The summed E-state index contributed by atoms with van der Waals surface area (Å²) in [6, 6.07) is 7.09. The third kappa shape index (κ3) is 3.10. The zero-order chi connectivity index (χ0) is 17.6. The van der Waals surface area contributed by atoms with Crippen LogP contribution in [0.3, 0.4) is 0 Å². The molecule has 3 aliphatic rings. The number of hydrogen-bond acceptors (Lipinski definition) is 2. The number of hydrogen-bond donors (Lipinski definition) is 1. The molecule has 1 heterocycles. The lowest BCUT2D eigenvalue weighted by Crippen LogP contribution is -2.49. The fourth-order valence-electron chi connectivity index (χ4n) is 5.55. The van der Waals surface area contributed by atoms with Crippen LogP contribution in [0.4, 0.5) is 4.39 Å². The zero-order valence-corrected chi connectivity index (χ0v) is 15.0. The van der Waals surface area contributed by atoms with E-state index in [4.69, 9.17) is 5.73 Å². The molecule has 2 N–H and O–H groups in total. The SMILES string of the molecule is CC1CC(c2ccccc2F)N(C(=O)C2CC3CCCC(C2)C3N)C1. The fraction of sp³-hybridized carbons (Fsp3) is 0.667. The molecule has 2 bridgehead atoms. The van der Waals surface area contributed by atoms with Crippen LogP contribution in [0.5, 0.6) is 0 Å². The molecule has 4 unspecified atom stereocenters. The van der Waals surface area contributed by atoms with Crippen molar-refractivity contribution in [1.82, 2.24) is 4.90 Å². The van der Waals surface area contributed by atoms with Gasteiger partial charge in [-0.15, -0.1) is 0 Å². The van der Waals surface area contributed by atoms with Crippen LogP contribution in [-0.2, 0) is 4.79 Å². The molecule has 1 aromatic rings. The van der Waals surface area contributed by atoms with Crippen LogP contribution in [0.15, 0.2) is 24.3 Å². The van der Waals surface area contributed by atoms with Crippen molar-refractivity contribution in [2.75, 3.05) is 6.54 Å². The van der Waals surface area contributed by atoms with Crippen LogP contribution in [0.1, 0.15) is 57.1 Å². The second-order valence-electron chi connectivity index (χ2n) is 8.57. The number of benzene rings is 1. The first-order chi connectivity index (χ1) is 12.0. The zero-order valence-electron chi connectivity index (χ0n) is 15.0. The van der Waals surface area contributed by atoms with Crippen molar-refractivity contribution in [3.63, 3.8) is 0 Å². The molecular formula is C21H29FN2O. The Labute approximate surface area is 149 Å². The highest BCUT2D eigenvalue weighted by Gasteiger charge is 2.44. The Morgan fingerprint density at radius 3 is 2.52 bits per heavy atom. The normalized spacial score (nSPS) is 38.0. The molecule has 4 rings (SSSR count). The van der Waals surface area contributed by atoms with Gasteiger partial charge in [0.2, 0.25) is 5.91 Å². The summed E-state index contributed by atoms with van der Waals surface area (Å²) in [4.78, 5) is 15.3. The number of halogens is 1. The average Bonchev–Trinajstić information content (AvgIpc) is 2.96. The summed E-state index contributed by atoms with van der Waals surface area (Å²) in [5.41, 5.74) is 7.06. The smallest absolute Gasteiger partial charge is 0.226 e.